The van der Waals surface area contributed by atoms with E-state index < -0.39 is 18.5 Å². The number of anilines is 1. The van der Waals surface area contributed by atoms with Gasteiger partial charge in [0.2, 0.25) is 11.8 Å². The molecule has 0 aliphatic carbocycles. The number of likely N-dealkylation sites (tertiary alicyclic amines) is 1. The number of nitrogens with zero attached hydrogens (tertiary/aromatic N) is 1. The van der Waals surface area contributed by atoms with E-state index in [9.17, 15) is 18.8 Å². The lowest BCUT2D eigenvalue weighted by atomic mass is 9.96. The summed E-state index contributed by atoms with van der Waals surface area (Å²) >= 11 is 5.83. The van der Waals surface area contributed by atoms with Gasteiger partial charge in [0.15, 0.2) is 0 Å². The van der Waals surface area contributed by atoms with Crippen molar-refractivity contribution in [2.45, 2.75) is 12.8 Å². The third-order valence-electron chi connectivity index (χ3n) is 3.28. The van der Waals surface area contributed by atoms with Crippen molar-refractivity contribution in [2.75, 3.05) is 18.4 Å². The zero-order chi connectivity index (χ0) is 15.4. The summed E-state index contributed by atoms with van der Waals surface area (Å²) in [4.78, 5) is 35.3. The van der Waals surface area contributed by atoms with Crippen LogP contribution in [0.3, 0.4) is 0 Å². The standard InChI is InChI=1S/C14H14ClFN2O3/c15-10-2-1-3-11(6-10)17-14(21)9-4-5-13(20)18(7-9)8-12(16)19/h1-3,6,9H,4-5,7-8H2,(H,17,21). The molecule has 1 fully saturated rings. The van der Waals surface area contributed by atoms with Crippen LogP contribution < -0.4 is 5.32 Å². The molecule has 5 nitrogen and oxygen atoms in total. The number of benzene rings is 1. The van der Waals surface area contributed by atoms with Crippen LogP contribution >= 0.6 is 11.6 Å². The Morgan fingerprint density at radius 1 is 1.43 bits per heavy atom. The van der Waals surface area contributed by atoms with Gasteiger partial charge in [-0.15, -0.1) is 0 Å². The Morgan fingerprint density at radius 3 is 2.86 bits per heavy atom. The van der Waals surface area contributed by atoms with Gasteiger partial charge in [-0.05, 0) is 24.6 Å². The Kier molecular flexibility index (Phi) is 4.90. The number of piperidine rings is 1. The van der Waals surface area contributed by atoms with Crippen molar-refractivity contribution in [1.29, 1.82) is 0 Å². The van der Waals surface area contributed by atoms with Gasteiger partial charge >= 0.3 is 6.04 Å². The number of amides is 2. The van der Waals surface area contributed by atoms with Crippen LogP contribution in [0.4, 0.5) is 10.1 Å². The molecule has 0 bridgehead atoms. The van der Waals surface area contributed by atoms with E-state index in [1.54, 1.807) is 24.3 Å². The summed E-state index contributed by atoms with van der Waals surface area (Å²) in [5.41, 5.74) is 0.553. The van der Waals surface area contributed by atoms with Crippen LogP contribution in [0.15, 0.2) is 24.3 Å². The summed E-state index contributed by atoms with van der Waals surface area (Å²) in [6, 6.07) is 5.11. The number of carbonyl (C=O) groups is 3. The minimum atomic E-state index is -1.58. The quantitative estimate of drug-likeness (QED) is 0.865. The second-order valence-corrected chi connectivity index (χ2v) is 5.30. The first-order valence-electron chi connectivity index (χ1n) is 6.48. The minimum Gasteiger partial charge on any atom is -0.332 e. The molecular weight excluding hydrogens is 299 g/mol. The molecule has 7 heteroatoms. The van der Waals surface area contributed by atoms with Crippen LogP contribution in [0.1, 0.15) is 12.8 Å². The highest BCUT2D eigenvalue weighted by Gasteiger charge is 2.31. The summed E-state index contributed by atoms with van der Waals surface area (Å²) in [6.45, 7) is -0.555. The van der Waals surface area contributed by atoms with Crippen LogP contribution in [0.25, 0.3) is 0 Å². The molecule has 0 saturated carbocycles. The molecule has 1 aromatic rings. The smallest absolute Gasteiger partial charge is 0.320 e. The van der Waals surface area contributed by atoms with Crippen molar-refractivity contribution in [3.05, 3.63) is 29.3 Å². The highest BCUT2D eigenvalue weighted by Crippen LogP contribution is 2.21. The van der Waals surface area contributed by atoms with Crippen molar-refractivity contribution in [2.24, 2.45) is 5.92 Å². The van der Waals surface area contributed by atoms with Gasteiger partial charge in [0.1, 0.15) is 6.54 Å². The largest absolute Gasteiger partial charge is 0.332 e. The first-order valence-corrected chi connectivity index (χ1v) is 6.86. The molecule has 112 valence electrons. The molecule has 2 rings (SSSR count). The first kappa shape index (κ1) is 15.4. The summed E-state index contributed by atoms with van der Waals surface area (Å²) in [6.07, 6.45) is 0.503. The molecule has 1 heterocycles. The molecule has 2 amide bonds. The SMILES string of the molecule is O=C(F)CN1CC(C(=O)Nc2cccc(Cl)c2)CCC1=O. The van der Waals surface area contributed by atoms with Gasteiger partial charge in [-0.25, -0.2) is 0 Å². The van der Waals surface area contributed by atoms with Gasteiger partial charge in [-0.2, -0.15) is 4.39 Å². The second kappa shape index (κ2) is 6.67. The van der Waals surface area contributed by atoms with Crippen molar-refractivity contribution in [1.82, 2.24) is 4.90 Å². The molecule has 1 atom stereocenters. The van der Waals surface area contributed by atoms with E-state index in [2.05, 4.69) is 5.32 Å². The topological polar surface area (TPSA) is 66.5 Å². The number of halogens is 2. The van der Waals surface area contributed by atoms with Crippen molar-refractivity contribution < 1.29 is 18.8 Å². The molecule has 1 aliphatic rings. The minimum absolute atomic E-state index is 0.0426. The summed E-state index contributed by atoms with van der Waals surface area (Å²) < 4.78 is 12.4. The number of carbonyl (C=O) groups excluding carboxylic acids is 3. The Balaban J connectivity index is 1.99. The lowest BCUT2D eigenvalue weighted by Crippen LogP contribution is -2.45. The van der Waals surface area contributed by atoms with E-state index in [0.717, 1.165) is 4.90 Å². The van der Waals surface area contributed by atoms with Crippen LogP contribution in [0.5, 0.6) is 0 Å². The van der Waals surface area contributed by atoms with Gasteiger partial charge in [0.05, 0.1) is 5.92 Å². The number of nitrogens with one attached hydrogen (secondary N) is 1. The highest BCUT2D eigenvalue weighted by atomic mass is 35.5. The lowest BCUT2D eigenvalue weighted by molar-refractivity contribution is -0.143. The Morgan fingerprint density at radius 2 is 2.19 bits per heavy atom. The van der Waals surface area contributed by atoms with Crippen LogP contribution in [-0.4, -0.2) is 35.8 Å². The van der Waals surface area contributed by atoms with E-state index in [-0.39, 0.29) is 24.8 Å². The fraction of sp³-hybridized carbons (Fsp3) is 0.357. The summed E-state index contributed by atoms with van der Waals surface area (Å²) in [5, 5.41) is 3.20. The number of rotatable bonds is 4. The third kappa shape index (κ3) is 4.26. The van der Waals surface area contributed by atoms with Crippen LogP contribution in [0.2, 0.25) is 5.02 Å². The maximum absolute atomic E-state index is 12.4. The maximum atomic E-state index is 12.4. The van der Waals surface area contributed by atoms with E-state index in [1.807, 2.05) is 0 Å². The molecule has 1 unspecified atom stereocenters. The fourth-order valence-corrected chi connectivity index (χ4v) is 2.43. The van der Waals surface area contributed by atoms with Gasteiger partial charge in [0.25, 0.3) is 0 Å². The number of hydrogen-bond acceptors (Lipinski definition) is 3. The maximum Gasteiger partial charge on any atom is 0.320 e. The molecular formula is C14H14ClFN2O3. The van der Waals surface area contributed by atoms with Gasteiger partial charge < -0.3 is 10.2 Å². The van der Waals surface area contributed by atoms with Gasteiger partial charge in [-0.1, -0.05) is 17.7 Å². The Bertz CT molecular complexity index is 579. The molecule has 1 saturated heterocycles. The summed E-state index contributed by atoms with van der Waals surface area (Å²) in [5.74, 6) is -1.06. The van der Waals surface area contributed by atoms with E-state index in [1.165, 1.54) is 0 Å². The van der Waals surface area contributed by atoms with E-state index >= 15 is 0 Å². The zero-order valence-corrected chi connectivity index (χ0v) is 11.9. The van der Waals surface area contributed by atoms with Crippen molar-refractivity contribution in [3.8, 4) is 0 Å². The van der Waals surface area contributed by atoms with Gasteiger partial charge in [-0.3, -0.25) is 14.4 Å². The first-order chi connectivity index (χ1) is 9.95. The van der Waals surface area contributed by atoms with Crippen molar-refractivity contribution in [3.63, 3.8) is 0 Å². The Hall–Kier alpha value is -1.95. The normalized spacial score (nSPS) is 18.5. The molecule has 0 radical (unpaired) electrons. The Labute approximate surface area is 126 Å². The average Bonchev–Trinajstić information content (AvgIpc) is 2.40. The van der Waals surface area contributed by atoms with E-state index in [4.69, 9.17) is 11.6 Å². The van der Waals surface area contributed by atoms with Gasteiger partial charge in [0, 0.05) is 23.7 Å². The molecule has 0 spiro atoms. The van der Waals surface area contributed by atoms with Crippen molar-refractivity contribution >= 4 is 35.1 Å². The predicted molar refractivity (Wildman–Crippen MR) is 75.5 cm³/mol. The molecule has 21 heavy (non-hydrogen) atoms. The third-order valence-corrected chi connectivity index (χ3v) is 3.51. The van der Waals surface area contributed by atoms with Crippen LogP contribution in [0, 0.1) is 5.92 Å². The fourth-order valence-electron chi connectivity index (χ4n) is 2.24. The predicted octanol–water partition coefficient (Wildman–Crippen LogP) is 2.01. The van der Waals surface area contributed by atoms with E-state index in [0.29, 0.717) is 17.1 Å². The molecule has 0 aromatic heterocycles. The lowest BCUT2D eigenvalue weighted by Gasteiger charge is -2.30. The average molecular weight is 313 g/mol. The summed E-state index contributed by atoms with van der Waals surface area (Å²) in [7, 11) is 0. The number of hydrogen-bond donors (Lipinski definition) is 1. The highest BCUT2D eigenvalue weighted by molar-refractivity contribution is 6.30. The molecule has 1 aliphatic heterocycles. The second-order valence-electron chi connectivity index (χ2n) is 4.86. The molecule has 1 aromatic carbocycles. The monoisotopic (exact) mass is 312 g/mol. The molecule has 1 N–H and O–H groups in total. The zero-order valence-electron chi connectivity index (χ0n) is 11.1. The van der Waals surface area contributed by atoms with Crippen LogP contribution in [-0.2, 0) is 14.4 Å².